The van der Waals surface area contributed by atoms with Crippen LogP contribution in [-0.2, 0) is 14.3 Å². The second-order valence-electron chi connectivity index (χ2n) is 7.17. The maximum absolute atomic E-state index is 12.3. The highest BCUT2D eigenvalue weighted by molar-refractivity contribution is 6.35. The molecule has 154 valence electrons. The molecule has 1 aromatic rings. The number of carbonyl (C=O) groups is 3. The van der Waals surface area contributed by atoms with Crippen LogP contribution in [0.2, 0.25) is 0 Å². The van der Waals surface area contributed by atoms with Gasteiger partial charge in [0.1, 0.15) is 6.26 Å². The fraction of sp³-hybridized carbons (Fsp3) is 0.632. The quantitative estimate of drug-likeness (QED) is 0.644. The Balaban J connectivity index is 1.29. The van der Waals surface area contributed by atoms with Gasteiger partial charge < -0.3 is 24.7 Å². The van der Waals surface area contributed by atoms with Crippen LogP contribution >= 0.6 is 0 Å². The number of hydrogen-bond acceptors (Lipinski definition) is 6. The molecule has 3 amide bonds. The zero-order chi connectivity index (χ0) is 19.8. The Bertz CT molecular complexity index is 649. The fourth-order valence-corrected chi connectivity index (χ4v) is 3.46. The number of nitrogens with one attached hydrogen (secondary N) is 2. The van der Waals surface area contributed by atoms with Gasteiger partial charge in [0.25, 0.3) is 5.91 Å². The van der Waals surface area contributed by atoms with Crippen LogP contribution in [0, 0.1) is 5.92 Å². The van der Waals surface area contributed by atoms with E-state index in [2.05, 4.69) is 15.5 Å². The van der Waals surface area contributed by atoms with Crippen molar-refractivity contribution in [2.45, 2.75) is 12.8 Å². The highest BCUT2D eigenvalue weighted by Gasteiger charge is 2.25. The van der Waals surface area contributed by atoms with Crippen molar-refractivity contribution in [2.24, 2.45) is 5.92 Å². The maximum Gasteiger partial charge on any atom is 0.309 e. The highest BCUT2D eigenvalue weighted by atomic mass is 16.5. The Morgan fingerprint density at radius 2 is 1.75 bits per heavy atom. The van der Waals surface area contributed by atoms with Gasteiger partial charge in [0.05, 0.1) is 25.0 Å². The van der Waals surface area contributed by atoms with Crippen LogP contribution in [0.25, 0.3) is 0 Å². The number of ether oxygens (including phenoxy) is 1. The number of morpholine rings is 1. The largest absolute Gasteiger partial charge is 0.472 e. The molecule has 2 aliphatic rings. The van der Waals surface area contributed by atoms with Crippen molar-refractivity contribution in [1.82, 2.24) is 20.4 Å². The molecule has 28 heavy (non-hydrogen) atoms. The first-order valence-electron chi connectivity index (χ1n) is 9.81. The van der Waals surface area contributed by atoms with Crippen LogP contribution < -0.4 is 10.6 Å². The van der Waals surface area contributed by atoms with Gasteiger partial charge in [-0.15, -0.1) is 0 Å². The normalized spacial score (nSPS) is 18.6. The number of carbonyl (C=O) groups excluding carboxylic acids is 3. The molecule has 2 N–H and O–H groups in total. The van der Waals surface area contributed by atoms with Crippen molar-refractivity contribution in [3.05, 3.63) is 24.2 Å². The predicted octanol–water partition coefficient (Wildman–Crippen LogP) is -0.304. The molecule has 0 bridgehead atoms. The van der Waals surface area contributed by atoms with Crippen molar-refractivity contribution in [1.29, 1.82) is 0 Å². The maximum atomic E-state index is 12.3. The number of hydrogen-bond donors (Lipinski definition) is 2. The minimum absolute atomic E-state index is 0.0316. The molecule has 3 heterocycles. The average molecular weight is 392 g/mol. The average Bonchev–Trinajstić information content (AvgIpc) is 3.27. The lowest BCUT2D eigenvalue weighted by atomic mass is 9.96. The van der Waals surface area contributed by atoms with E-state index in [1.54, 1.807) is 11.0 Å². The molecule has 0 aliphatic carbocycles. The lowest BCUT2D eigenvalue weighted by Crippen LogP contribution is -2.46. The molecule has 2 saturated heterocycles. The molecule has 0 atom stereocenters. The molecule has 1 aromatic heterocycles. The summed E-state index contributed by atoms with van der Waals surface area (Å²) in [6.45, 7) is 6.00. The van der Waals surface area contributed by atoms with Gasteiger partial charge in [0.15, 0.2) is 0 Å². The number of likely N-dealkylation sites (tertiary alicyclic amines) is 1. The van der Waals surface area contributed by atoms with E-state index in [0.29, 0.717) is 51.5 Å². The van der Waals surface area contributed by atoms with E-state index in [4.69, 9.17) is 9.15 Å². The molecule has 0 spiro atoms. The number of rotatable bonds is 6. The molecule has 9 nitrogen and oxygen atoms in total. The summed E-state index contributed by atoms with van der Waals surface area (Å²) in [7, 11) is 0. The summed E-state index contributed by atoms with van der Waals surface area (Å²) in [5.41, 5.74) is 0.556. The smallest absolute Gasteiger partial charge is 0.309 e. The van der Waals surface area contributed by atoms with Gasteiger partial charge in [-0.05, 0) is 24.8 Å². The second kappa shape index (κ2) is 10.2. The minimum Gasteiger partial charge on any atom is -0.472 e. The van der Waals surface area contributed by atoms with E-state index >= 15 is 0 Å². The predicted molar refractivity (Wildman–Crippen MR) is 101 cm³/mol. The standard InChI is InChI=1S/C19H28N4O5/c24-17(20-4-7-22-8-11-27-12-9-22)18(25)21-13-15-1-5-23(6-2-15)19(26)16-3-10-28-14-16/h3,10,14-15H,1-2,4-9,11-13H2,(H,20,24)(H,21,25). The summed E-state index contributed by atoms with van der Waals surface area (Å²) in [4.78, 5) is 40.1. The Morgan fingerprint density at radius 1 is 1.04 bits per heavy atom. The summed E-state index contributed by atoms with van der Waals surface area (Å²) in [5, 5.41) is 5.37. The number of furan rings is 1. The van der Waals surface area contributed by atoms with Crippen LogP contribution in [-0.4, -0.2) is 86.5 Å². The van der Waals surface area contributed by atoms with E-state index in [1.165, 1.54) is 12.5 Å². The molecule has 2 aliphatic heterocycles. The van der Waals surface area contributed by atoms with E-state index in [-0.39, 0.29) is 11.8 Å². The number of amides is 3. The van der Waals surface area contributed by atoms with Gasteiger partial charge in [-0.2, -0.15) is 0 Å². The highest BCUT2D eigenvalue weighted by Crippen LogP contribution is 2.18. The Kier molecular flexibility index (Phi) is 7.44. The summed E-state index contributed by atoms with van der Waals surface area (Å²) >= 11 is 0. The first kappa shape index (κ1) is 20.3. The number of piperidine rings is 1. The SMILES string of the molecule is O=C(NCCN1CCOCC1)C(=O)NCC1CCN(C(=O)c2ccoc2)CC1. The summed E-state index contributed by atoms with van der Waals surface area (Å²) in [6.07, 6.45) is 4.53. The van der Waals surface area contributed by atoms with Gasteiger partial charge in [-0.25, -0.2) is 0 Å². The molecular weight excluding hydrogens is 364 g/mol. The molecule has 0 radical (unpaired) electrons. The van der Waals surface area contributed by atoms with Crippen molar-refractivity contribution in [2.75, 3.05) is 59.0 Å². The first-order valence-corrected chi connectivity index (χ1v) is 9.81. The van der Waals surface area contributed by atoms with Gasteiger partial charge in [-0.1, -0.05) is 0 Å². The third kappa shape index (κ3) is 5.80. The summed E-state index contributed by atoms with van der Waals surface area (Å²) in [5.74, 6) is -0.964. The van der Waals surface area contributed by atoms with Crippen LogP contribution in [0.4, 0.5) is 0 Å². The first-order chi connectivity index (χ1) is 13.6. The zero-order valence-corrected chi connectivity index (χ0v) is 16.0. The number of nitrogens with zero attached hydrogens (tertiary/aromatic N) is 2. The van der Waals surface area contributed by atoms with Gasteiger partial charge in [0.2, 0.25) is 0 Å². The van der Waals surface area contributed by atoms with E-state index in [9.17, 15) is 14.4 Å². The molecule has 2 fully saturated rings. The second-order valence-corrected chi connectivity index (χ2v) is 7.17. The Hall–Kier alpha value is -2.39. The van der Waals surface area contributed by atoms with Crippen LogP contribution in [0.5, 0.6) is 0 Å². The molecular formula is C19H28N4O5. The lowest BCUT2D eigenvalue weighted by Gasteiger charge is -2.31. The van der Waals surface area contributed by atoms with Crippen molar-refractivity contribution >= 4 is 17.7 Å². The lowest BCUT2D eigenvalue weighted by molar-refractivity contribution is -0.139. The zero-order valence-electron chi connectivity index (χ0n) is 16.0. The van der Waals surface area contributed by atoms with E-state index in [1.807, 2.05) is 0 Å². The van der Waals surface area contributed by atoms with E-state index in [0.717, 1.165) is 25.9 Å². The summed E-state index contributed by atoms with van der Waals surface area (Å²) < 4.78 is 10.2. The molecule has 0 saturated carbocycles. The minimum atomic E-state index is -0.598. The van der Waals surface area contributed by atoms with E-state index < -0.39 is 11.8 Å². The fourth-order valence-electron chi connectivity index (χ4n) is 3.46. The van der Waals surface area contributed by atoms with Crippen LogP contribution in [0.15, 0.2) is 23.0 Å². The Labute approximate surface area is 164 Å². The third-order valence-corrected chi connectivity index (χ3v) is 5.24. The molecule has 3 rings (SSSR count). The van der Waals surface area contributed by atoms with Gasteiger partial charge in [0, 0.05) is 45.8 Å². The van der Waals surface area contributed by atoms with Gasteiger partial charge >= 0.3 is 11.8 Å². The van der Waals surface area contributed by atoms with Crippen molar-refractivity contribution in [3.63, 3.8) is 0 Å². The van der Waals surface area contributed by atoms with Gasteiger partial charge in [-0.3, -0.25) is 19.3 Å². The van der Waals surface area contributed by atoms with Crippen molar-refractivity contribution in [3.8, 4) is 0 Å². The van der Waals surface area contributed by atoms with Crippen LogP contribution in [0.3, 0.4) is 0 Å². The Morgan fingerprint density at radius 3 is 2.43 bits per heavy atom. The molecule has 0 aromatic carbocycles. The summed E-state index contributed by atoms with van der Waals surface area (Å²) in [6, 6.07) is 1.66. The molecule has 0 unspecified atom stereocenters. The van der Waals surface area contributed by atoms with Crippen molar-refractivity contribution < 1.29 is 23.5 Å². The topological polar surface area (TPSA) is 104 Å². The third-order valence-electron chi connectivity index (χ3n) is 5.24. The van der Waals surface area contributed by atoms with Crippen LogP contribution in [0.1, 0.15) is 23.2 Å². The molecule has 9 heteroatoms. The monoisotopic (exact) mass is 392 g/mol.